The van der Waals surface area contributed by atoms with E-state index in [0.717, 1.165) is 31.5 Å². The van der Waals surface area contributed by atoms with E-state index in [2.05, 4.69) is 17.2 Å². The van der Waals surface area contributed by atoms with Crippen molar-refractivity contribution >= 4 is 11.6 Å². The number of pyridine rings is 1. The van der Waals surface area contributed by atoms with Gasteiger partial charge in [0.2, 0.25) is 5.88 Å². The molecule has 0 saturated carbocycles. The van der Waals surface area contributed by atoms with Crippen molar-refractivity contribution in [1.29, 1.82) is 0 Å². The lowest BCUT2D eigenvalue weighted by Gasteiger charge is -2.22. The summed E-state index contributed by atoms with van der Waals surface area (Å²) in [4.78, 5) is 4.27. The van der Waals surface area contributed by atoms with Crippen LogP contribution in [0, 0.1) is 0 Å². The smallest absolute Gasteiger partial charge is 0.232 e. The number of hydrogen-bond donors (Lipinski definition) is 1. The summed E-state index contributed by atoms with van der Waals surface area (Å²) in [5, 5.41) is 3.86. The van der Waals surface area contributed by atoms with Gasteiger partial charge < -0.3 is 14.8 Å². The third-order valence-electron chi connectivity index (χ3n) is 3.12. The van der Waals surface area contributed by atoms with Crippen molar-refractivity contribution in [3.8, 4) is 5.88 Å². The van der Waals surface area contributed by atoms with Crippen molar-refractivity contribution in [2.75, 3.05) is 20.3 Å². The Morgan fingerprint density at radius 3 is 2.75 bits per heavy atom. The molecule has 4 nitrogen and oxygen atoms in total. The van der Waals surface area contributed by atoms with E-state index in [-0.39, 0.29) is 5.60 Å². The number of rotatable bonds is 9. The number of halogens is 1. The van der Waals surface area contributed by atoms with Gasteiger partial charge >= 0.3 is 0 Å². The van der Waals surface area contributed by atoms with Gasteiger partial charge in [-0.3, -0.25) is 0 Å². The van der Waals surface area contributed by atoms with Crippen molar-refractivity contribution in [1.82, 2.24) is 10.3 Å². The molecule has 1 N–H and O–H groups in total. The summed E-state index contributed by atoms with van der Waals surface area (Å²) in [6.07, 6.45) is 3.68. The maximum absolute atomic E-state index is 6.18. The Bertz CT molecular complexity index is 411. The summed E-state index contributed by atoms with van der Waals surface area (Å²) >= 11 is 6.18. The standard InChI is InChI=1S/C15H25ClN2O2/c1-5-7-17-10-12-9-13(16)14(18-11-12)20-8-6-15(2,3)19-4/h9,11,17H,5-8,10H2,1-4H3. The van der Waals surface area contributed by atoms with Crippen molar-refractivity contribution in [3.05, 3.63) is 22.8 Å². The summed E-state index contributed by atoms with van der Waals surface area (Å²) in [6, 6.07) is 1.90. The quantitative estimate of drug-likeness (QED) is 0.710. The molecule has 5 heteroatoms. The molecule has 1 heterocycles. The Morgan fingerprint density at radius 2 is 2.15 bits per heavy atom. The van der Waals surface area contributed by atoms with Crippen LogP contribution in [-0.4, -0.2) is 30.8 Å². The molecular weight excluding hydrogens is 276 g/mol. The summed E-state index contributed by atoms with van der Waals surface area (Å²) < 4.78 is 10.9. The monoisotopic (exact) mass is 300 g/mol. The van der Waals surface area contributed by atoms with Gasteiger partial charge in [0.05, 0.1) is 12.2 Å². The van der Waals surface area contributed by atoms with Gasteiger partial charge in [-0.15, -0.1) is 0 Å². The first-order chi connectivity index (χ1) is 9.48. The molecule has 0 aliphatic heterocycles. The van der Waals surface area contributed by atoms with Gasteiger partial charge in [-0.1, -0.05) is 18.5 Å². The van der Waals surface area contributed by atoms with Crippen LogP contribution in [0.15, 0.2) is 12.3 Å². The van der Waals surface area contributed by atoms with Crippen LogP contribution in [0.1, 0.15) is 39.2 Å². The van der Waals surface area contributed by atoms with Crippen LogP contribution < -0.4 is 10.1 Å². The Kier molecular flexibility index (Phi) is 7.27. The van der Waals surface area contributed by atoms with Gasteiger partial charge in [-0.2, -0.15) is 0 Å². The van der Waals surface area contributed by atoms with E-state index in [1.807, 2.05) is 19.9 Å². The van der Waals surface area contributed by atoms with E-state index in [4.69, 9.17) is 21.1 Å². The van der Waals surface area contributed by atoms with Crippen LogP contribution in [0.5, 0.6) is 5.88 Å². The summed E-state index contributed by atoms with van der Waals surface area (Å²) in [7, 11) is 1.70. The third-order valence-corrected chi connectivity index (χ3v) is 3.39. The molecule has 0 aliphatic rings. The van der Waals surface area contributed by atoms with Crippen LogP contribution in [-0.2, 0) is 11.3 Å². The topological polar surface area (TPSA) is 43.4 Å². The van der Waals surface area contributed by atoms with Gasteiger partial charge in [0.1, 0.15) is 5.02 Å². The number of aromatic nitrogens is 1. The molecule has 0 fully saturated rings. The second-order valence-electron chi connectivity index (χ2n) is 5.37. The van der Waals surface area contributed by atoms with E-state index in [1.54, 1.807) is 13.3 Å². The van der Waals surface area contributed by atoms with E-state index < -0.39 is 0 Å². The molecule has 0 bridgehead atoms. The first-order valence-electron chi connectivity index (χ1n) is 7.01. The Hall–Kier alpha value is -0.840. The normalized spacial score (nSPS) is 11.7. The Labute approximate surface area is 126 Å². The van der Waals surface area contributed by atoms with Gasteiger partial charge in [0.25, 0.3) is 0 Å². The Morgan fingerprint density at radius 1 is 1.40 bits per heavy atom. The van der Waals surface area contributed by atoms with Crippen LogP contribution in [0.2, 0.25) is 5.02 Å². The minimum absolute atomic E-state index is 0.198. The predicted molar refractivity (Wildman–Crippen MR) is 82.4 cm³/mol. The lowest BCUT2D eigenvalue weighted by Crippen LogP contribution is -2.25. The molecule has 0 radical (unpaired) electrons. The zero-order valence-corrected chi connectivity index (χ0v) is 13.6. The predicted octanol–water partition coefficient (Wildman–Crippen LogP) is 3.43. The minimum Gasteiger partial charge on any atom is -0.476 e. The Balaban J connectivity index is 2.47. The molecule has 1 rings (SSSR count). The van der Waals surface area contributed by atoms with Gasteiger partial charge in [-0.25, -0.2) is 4.98 Å². The largest absolute Gasteiger partial charge is 0.476 e. The molecule has 0 unspecified atom stereocenters. The number of nitrogens with one attached hydrogen (secondary N) is 1. The molecule has 0 atom stereocenters. The third kappa shape index (κ3) is 6.07. The van der Waals surface area contributed by atoms with Gasteiger partial charge in [-0.05, 0) is 38.4 Å². The second-order valence-corrected chi connectivity index (χ2v) is 5.78. The van der Waals surface area contributed by atoms with Crippen LogP contribution >= 0.6 is 11.6 Å². The fourth-order valence-electron chi connectivity index (χ4n) is 1.57. The van der Waals surface area contributed by atoms with Crippen molar-refractivity contribution in [2.45, 2.75) is 45.8 Å². The zero-order valence-electron chi connectivity index (χ0n) is 12.8. The van der Waals surface area contributed by atoms with Crippen LogP contribution in [0.3, 0.4) is 0 Å². The molecule has 0 spiro atoms. The number of methoxy groups -OCH3 is 1. The second kappa shape index (κ2) is 8.45. The maximum atomic E-state index is 6.18. The van der Waals surface area contributed by atoms with Crippen molar-refractivity contribution < 1.29 is 9.47 Å². The van der Waals surface area contributed by atoms with Gasteiger partial charge in [0, 0.05) is 26.3 Å². The number of ether oxygens (including phenoxy) is 2. The molecule has 1 aromatic rings. The average molecular weight is 301 g/mol. The zero-order chi connectivity index (χ0) is 15.0. The average Bonchev–Trinajstić information content (AvgIpc) is 2.41. The maximum Gasteiger partial charge on any atom is 0.232 e. The van der Waals surface area contributed by atoms with E-state index in [0.29, 0.717) is 17.5 Å². The minimum atomic E-state index is -0.198. The van der Waals surface area contributed by atoms with E-state index in [9.17, 15) is 0 Å². The molecule has 20 heavy (non-hydrogen) atoms. The summed E-state index contributed by atoms with van der Waals surface area (Å²) in [6.45, 7) is 8.47. The summed E-state index contributed by atoms with van der Waals surface area (Å²) in [5.41, 5.74) is 0.865. The highest BCUT2D eigenvalue weighted by Crippen LogP contribution is 2.23. The summed E-state index contributed by atoms with van der Waals surface area (Å²) in [5.74, 6) is 0.484. The van der Waals surface area contributed by atoms with Crippen molar-refractivity contribution in [3.63, 3.8) is 0 Å². The molecule has 114 valence electrons. The van der Waals surface area contributed by atoms with E-state index >= 15 is 0 Å². The lowest BCUT2D eigenvalue weighted by molar-refractivity contribution is 0.00509. The van der Waals surface area contributed by atoms with E-state index in [1.165, 1.54) is 0 Å². The molecule has 0 saturated heterocycles. The number of nitrogens with zero attached hydrogens (tertiary/aromatic N) is 1. The van der Waals surface area contributed by atoms with Gasteiger partial charge in [0.15, 0.2) is 0 Å². The van der Waals surface area contributed by atoms with Crippen molar-refractivity contribution in [2.24, 2.45) is 0 Å². The van der Waals surface area contributed by atoms with Crippen LogP contribution in [0.4, 0.5) is 0 Å². The fraction of sp³-hybridized carbons (Fsp3) is 0.667. The SMILES string of the molecule is CCCNCc1cnc(OCCC(C)(C)OC)c(Cl)c1. The first kappa shape index (κ1) is 17.2. The highest BCUT2D eigenvalue weighted by molar-refractivity contribution is 6.31. The van der Waals surface area contributed by atoms with Crippen LogP contribution in [0.25, 0.3) is 0 Å². The highest BCUT2D eigenvalue weighted by Gasteiger charge is 2.16. The molecule has 1 aromatic heterocycles. The number of hydrogen-bond acceptors (Lipinski definition) is 4. The lowest BCUT2D eigenvalue weighted by atomic mass is 10.1. The highest BCUT2D eigenvalue weighted by atomic mass is 35.5. The molecule has 0 aliphatic carbocycles. The molecule has 0 aromatic carbocycles. The first-order valence-corrected chi connectivity index (χ1v) is 7.39. The molecule has 0 amide bonds. The molecular formula is C15H25ClN2O2. The fourth-order valence-corrected chi connectivity index (χ4v) is 1.82.